The van der Waals surface area contributed by atoms with Gasteiger partial charge in [0, 0.05) is 12.6 Å². The second kappa shape index (κ2) is 8.20. The van der Waals surface area contributed by atoms with E-state index in [4.69, 9.17) is 4.42 Å². The summed E-state index contributed by atoms with van der Waals surface area (Å²) < 4.78 is 8.18. The normalized spacial score (nSPS) is 15.6. The predicted octanol–water partition coefficient (Wildman–Crippen LogP) is 3.86. The minimum absolute atomic E-state index is 0.0693. The van der Waals surface area contributed by atoms with Gasteiger partial charge in [-0.1, -0.05) is 31.0 Å². The number of halogens is 1. The lowest BCUT2D eigenvalue weighted by atomic mass is 9.95. The minimum atomic E-state index is 0.0693. The van der Waals surface area contributed by atoms with Crippen LogP contribution in [0.5, 0.6) is 0 Å². The summed E-state index contributed by atoms with van der Waals surface area (Å²) in [6.45, 7) is 2.74. The molecule has 0 spiro atoms. The van der Waals surface area contributed by atoms with Crippen LogP contribution in [0, 0.1) is 0 Å². The third-order valence-electron chi connectivity index (χ3n) is 4.13. The number of nitrogens with zero attached hydrogens (tertiary/aromatic N) is 3. The molecule has 2 heterocycles. The second-order valence-corrected chi connectivity index (χ2v) is 7.57. The summed E-state index contributed by atoms with van der Waals surface area (Å²) in [7, 11) is 0. The first-order chi connectivity index (χ1) is 11.7. The summed E-state index contributed by atoms with van der Waals surface area (Å²) >= 11 is 4.71. The maximum absolute atomic E-state index is 12.2. The molecular formula is C16H21BrN4O2S. The minimum Gasteiger partial charge on any atom is -0.446 e. The molecule has 0 aliphatic heterocycles. The molecule has 0 bridgehead atoms. The zero-order valence-electron chi connectivity index (χ0n) is 13.6. The highest BCUT2D eigenvalue weighted by molar-refractivity contribution is 9.10. The van der Waals surface area contributed by atoms with Crippen molar-refractivity contribution in [2.75, 3.05) is 5.75 Å². The highest BCUT2D eigenvalue weighted by Crippen LogP contribution is 2.27. The van der Waals surface area contributed by atoms with Gasteiger partial charge in [-0.3, -0.25) is 9.36 Å². The summed E-state index contributed by atoms with van der Waals surface area (Å²) in [5, 5.41) is 12.3. The Morgan fingerprint density at radius 2 is 2.17 bits per heavy atom. The Labute approximate surface area is 153 Å². The SMILES string of the molecule is CCn1c(SCC(=O)NC2CCCCC2)nnc1-c1ccc(Br)o1. The van der Waals surface area contributed by atoms with Crippen LogP contribution in [-0.4, -0.2) is 32.5 Å². The molecule has 0 unspecified atom stereocenters. The van der Waals surface area contributed by atoms with Gasteiger partial charge >= 0.3 is 0 Å². The fourth-order valence-corrected chi connectivity index (χ4v) is 4.06. The van der Waals surface area contributed by atoms with Crippen molar-refractivity contribution >= 4 is 33.6 Å². The highest BCUT2D eigenvalue weighted by Gasteiger charge is 2.19. The third kappa shape index (κ3) is 4.22. The predicted molar refractivity (Wildman–Crippen MR) is 96.8 cm³/mol. The number of amides is 1. The van der Waals surface area contributed by atoms with Crippen LogP contribution in [-0.2, 0) is 11.3 Å². The van der Waals surface area contributed by atoms with E-state index < -0.39 is 0 Å². The standard InChI is InChI=1S/C16H21BrN4O2S/c1-2-21-15(12-8-9-13(17)23-12)19-20-16(21)24-10-14(22)18-11-6-4-3-5-7-11/h8-9,11H,2-7,10H2,1H3,(H,18,22). The van der Waals surface area contributed by atoms with Crippen molar-refractivity contribution < 1.29 is 9.21 Å². The van der Waals surface area contributed by atoms with Crippen molar-refractivity contribution in [1.29, 1.82) is 0 Å². The number of thioether (sulfide) groups is 1. The van der Waals surface area contributed by atoms with Crippen molar-refractivity contribution in [2.45, 2.75) is 56.8 Å². The average Bonchev–Trinajstić information content (AvgIpc) is 3.19. The largest absolute Gasteiger partial charge is 0.446 e. The van der Waals surface area contributed by atoms with Crippen LogP contribution < -0.4 is 5.32 Å². The fraction of sp³-hybridized carbons (Fsp3) is 0.562. The maximum Gasteiger partial charge on any atom is 0.230 e. The number of aromatic nitrogens is 3. The van der Waals surface area contributed by atoms with Gasteiger partial charge in [0.25, 0.3) is 0 Å². The Bertz CT molecular complexity index is 694. The van der Waals surface area contributed by atoms with E-state index in [1.54, 1.807) is 0 Å². The van der Waals surface area contributed by atoms with Gasteiger partial charge < -0.3 is 9.73 Å². The van der Waals surface area contributed by atoms with Gasteiger partial charge in [0.05, 0.1) is 5.75 Å². The zero-order valence-corrected chi connectivity index (χ0v) is 16.0. The van der Waals surface area contributed by atoms with Gasteiger partial charge in [-0.25, -0.2) is 0 Å². The van der Waals surface area contributed by atoms with E-state index in [-0.39, 0.29) is 5.91 Å². The molecule has 8 heteroatoms. The van der Waals surface area contributed by atoms with Gasteiger partial charge in [-0.05, 0) is 47.8 Å². The molecule has 1 amide bonds. The van der Waals surface area contributed by atoms with Crippen molar-refractivity contribution in [3.05, 3.63) is 16.8 Å². The van der Waals surface area contributed by atoms with E-state index >= 15 is 0 Å². The number of carbonyl (C=O) groups excluding carboxylic acids is 1. The number of nitrogens with one attached hydrogen (secondary N) is 1. The van der Waals surface area contributed by atoms with Crippen LogP contribution >= 0.6 is 27.7 Å². The van der Waals surface area contributed by atoms with E-state index in [1.807, 2.05) is 23.6 Å². The van der Waals surface area contributed by atoms with Gasteiger partial charge in [-0.2, -0.15) is 0 Å². The Kier molecular flexibility index (Phi) is 5.99. The van der Waals surface area contributed by atoms with E-state index in [1.165, 1.54) is 31.0 Å². The van der Waals surface area contributed by atoms with Crippen LogP contribution in [0.3, 0.4) is 0 Å². The van der Waals surface area contributed by atoms with Crippen molar-refractivity contribution in [3.63, 3.8) is 0 Å². The quantitative estimate of drug-likeness (QED) is 0.728. The van der Waals surface area contributed by atoms with Gasteiger partial charge in [0.1, 0.15) is 0 Å². The first-order valence-electron chi connectivity index (χ1n) is 8.28. The molecule has 6 nitrogen and oxygen atoms in total. The summed E-state index contributed by atoms with van der Waals surface area (Å²) in [6.07, 6.45) is 5.90. The van der Waals surface area contributed by atoms with Crippen molar-refractivity contribution in [3.8, 4) is 11.6 Å². The van der Waals surface area contributed by atoms with Crippen LogP contribution in [0.4, 0.5) is 0 Å². The van der Waals surface area contributed by atoms with Crippen LogP contribution in [0.15, 0.2) is 26.4 Å². The van der Waals surface area contributed by atoms with Crippen LogP contribution in [0.1, 0.15) is 39.0 Å². The number of hydrogen-bond donors (Lipinski definition) is 1. The lowest BCUT2D eigenvalue weighted by Gasteiger charge is -2.22. The molecular weight excluding hydrogens is 392 g/mol. The monoisotopic (exact) mass is 412 g/mol. The third-order valence-corrected chi connectivity index (χ3v) is 5.52. The molecule has 0 atom stereocenters. The first-order valence-corrected chi connectivity index (χ1v) is 10.1. The summed E-state index contributed by atoms with van der Waals surface area (Å²) in [5.74, 6) is 1.77. The summed E-state index contributed by atoms with van der Waals surface area (Å²) in [6, 6.07) is 4.02. The van der Waals surface area contributed by atoms with Crippen LogP contribution in [0.2, 0.25) is 0 Å². The summed E-state index contributed by atoms with van der Waals surface area (Å²) in [5.41, 5.74) is 0. The van der Waals surface area contributed by atoms with Crippen LogP contribution in [0.25, 0.3) is 11.6 Å². The molecule has 1 aliphatic rings. The number of hydrogen-bond acceptors (Lipinski definition) is 5. The second-order valence-electron chi connectivity index (χ2n) is 5.85. The first kappa shape index (κ1) is 17.5. The number of furan rings is 1. The number of rotatable bonds is 6. The zero-order chi connectivity index (χ0) is 16.9. The molecule has 2 aromatic rings. The smallest absolute Gasteiger partial charge is 0.230 e. The molecule has 0 radical (unpaired) electrons. The molecule has 24 heavy (non-hydrogen) atoms. The Morgan fingerprint density at radius 3 is 2.83 bits per heavy atom. The molecule has 2 aromatic heterocycles. The lowest BCUT2D eigenvalue weighted by molar-refractivity contribution is -0.119. The lowest BCUT2D eigenvalue weighted by Crippen LogP contribution is -2.37. The Hall–Kier alpha value is -1.28. The molecule has 1 fully saturated rings. The Balaban J connectivity index is 1.60. The van der Waals surface area contributed by atoms with E-state index in [0.29, 0.717) is 34.6 Å². The van der Waals surface area contributed by atoms with Gasteiger partial charge in [0.2, 0.25) is 11.7 Å². The molecule has 0 saturated heterocycles. The molecule has 1 saturated carbocycles. The van der Waals surface area contributed by atoms with Crippen molar-refractivity contribution in [1.82, 2.24) is 20.1 Å². The van der Waals surface area contributed by atoms with E-state index in [0.717, 1.165) is 18.0 Å². The van der Waals surface area contributed by atoms with Crippen molar-refractivity contribution in [2.24, 2.45) is 0 Å². The van der Waals surface area contributed by atoms with Gasteiger partial charge in [0.15, 0.2) is 15.6 Å². The Morgan fingerprint density at radius 1 is 1.38 bits per heavy atom. The highest BCUT2D eigenvalue weighted by atomic mass is 79.9. The summed E-state index contributed by atoms with van der Waals surface area (Å²) in [4.78, 5) is 12.2. The molecule has 3 rings (SSSR count). The number of carbonyl (C=O) groups is 1. The van der Waals surface area contributed by atoms with E-state index in [9.17, 15) is 4.79 Å². The topological polar surface area (TPSA) is 73.0 Å². The molecule has 1 aliphatic carbocycles. The van der Waals surface area contributed by atoms with Gasteiger partial charge in [-0.15, -0.1) is 10.2 Å². The fourth-order valence-electron chi connectivity index (χ4n) is 2.94. The van der Waals surface area contributed by atoms with E-state index in [2.05, 4.69) is 31.4 Å². The molecule has 0 aromatic carbocycles. The molecule has 130 valence electrons. The molecule has 1 N–H and O–H groups in total. The average molecular weight is 413 g/mol. The maximum atomic E-state index is 12.2.